The first-order chi connectivity index (χ1) is 27.3. The molecule has 8 aromatic carbocycles. The minimum absolute atomic E-state index is 0.422. The average molecular weight is 699 g/mol. The lowest BCUT2D eigenvalue weighted by atomic mass is 9.70. The lowest BCUT2D eigenvalue weighted by Gasteiger charge is -2.30. The first-order valence-electron chi connectivity index (χ1n) is 18.9. The van der Waals surface area contributed by atoms with Gasteiger partial charge in [-0.05, 0) is 78.9 Å². The zero-order valence-electron chi connectivity index (χ0n) is 30.0. The van der Waals surface area contributed by atoms with Crippen molar-refractivity contribution in [2.45, 2.75) is 5.41 Å². The van der Waals surface area contributed by atoms with E-state index in [1.807, 2.05) is 0 Å². The van der Waals surface area contributed by atoms with Crippen LogP contribution in [-0.2, 0) is 5.41 Å². The second-order valence-corrected chi connectivity index (χ2v) is 14.5. The molecule has 0 saturated heterocycles. The number of benzene rings is 8. The Balaban J connectivity index is 1.10. The molecule has 9 aromatic rings. The molecule has 0 atom stereocenters. The van der Waals surface area contributed by atoms with Crippen molar-refractivity contribution in [1.82, 2.24) is 9.97 Å². The summed E-state index contributed by atoms with van der Waals surface area (Å²) in [6.07, 6.45) is 0. The van der Waals surface area contributed by atoms with Crippen LogP contribution in [0.25, 0.3) is 78.4 Å². The van der Waals surface area contributed by atoms with E-state index in [1.165, 1.54) is 61.2 Å². The molecule has 0 saturated carbocycles. The maximum absolute atomic E-state index is 5.33. The van der Waals surface area contributed by atoms with Crippen LogP contribution in [0.2, 0.25) is 0 Å². The number of fused-ring (bicyclic) bond motifs is 10. The molecule has 2 heteroatoms. The molecule has 1 aromatic heterocycles. The fourth-order valence-corrected chi connectivity index (χ4v) is 9.03. The highest BCUT2D eigenvalue weighted by atomic mass is 14.9. The van der Waals surface area contributed by atoms with Gasteiger partial charge in [-0.15, -0.1) is 0 Å². The van der Waals surface area contributed by atoms with Gasteiger partial charge in [-0.2, -0.15) is 0 Å². The second kappa shape index (κ2) is 12.5. The molecule has 2 nitrogen and oxygen atoms in total. The molecule has 0 aliphatic heterocycles. The van der Waals surface area contributed by atoms with Crippen LogP contribution in [-0.4, -0.2) is 9.97 Å². The van der Waals surface area contributed by atoms with Crippen LogP contribution >= 0.6 is 0 Å². The number of nitrogens with zero attached hydrogens (tertiary/aromatic N) is 2. The van der Waals surface area contributed by atoms with E-state index in [9.17, 15) is 0 Å². The normalized spacial score (nSPS) is 12.9. The molecular weight excluding hydrogens is 665 g/mol. The number of aromatic nitrogens is 2. The van der Waals surface area contributed by atoms with Crippen molar-refractivity contribution < 1.29 is 0 Å². The van der Waals surface area contributed by atoms with Crippen LogP contribution in [0.15, 0.2) is 206 Å². The average Bonchev–Trinajstić information content (AvgIpc) is 3.74. The molecule has 0 radical (unpaired) electrons. The molecular formula is C53H34N2. The van der Waals surface area contributed by atoms with Crippen molar-refractivity contribution in [1.29, 1.82) is 0 Å². The smallest absolute Gasteiger partial charge is 0.160 e. The van der Waals surface area contributed by atoms with Crippen molar-refractivity contribution in [2.24, 2.45) is 0 Å². The van der Waals surface area contributed by atoms with E-state index in [4.69, 9.17) is 9.97 Å². The van der Waals surface area contributed by atoms with Gasteiger partial charge in [0.15, 0.2) is 5.82 Å². The molecule has 1 heterocycles. The van der Waals surface area contributed by atoms with Gasteiger partial charge >= 0.3 is 0 Å². The Kier molecular flexibility index (Phi) is 7.11. The Bertz CT molecular complexity index is 2730. The maximum atomic E-state index is 5.33. The quantitative estimate of drug-likeness (QED) is 0.179. The van der Waals surface area contributed by atoms with Gasteiger partial charge < -0.3 is 0 Å². The molecule has 55 heavy (non-hydrogen) atoms. The third-order valence-corrected chi connectivity index (χ3v) is 11.6. The molecule has 0 bridgehead atoms. The zero-order chi connectivity index (χ0) is 36.3. The SMILES string of the molecule is c1ccc(-c2ccc(-c3cc(-c4ccc5c(c4)C4(c6ccccc6-c6ccccc64)c4ccccc4-5)nc(-c4ccc(-c5ccccc5)cc4)n3)cc2)cc1. The molecule has 256 valence electrons. The highest BCUT2D eigenvalue weighted by Gasteiger charge is 2.51. The third kappa shape index (κ3) is 4.89. The minimum atomic E-state index is -0.422. The lowest BCUT2D eigenvalue weighted by Crippen LogP contribution is -2.25. The Labute approximate surface area is 321 Å². The standard InChI is InChI=1S/C53H34N2/c1-3-13-35(14-4-1)37-23-27-39(28-24-37)50-34-51(55-52(54-50)40-29-25-38(26-30-40)36-15-5-2-6-16-36)41-31-32-45-44-19-9-12-22-48(44)53(49(45)33-41)46-20-10-7-17-42(46)43-18-8-11-21-47(43)53/h1-34H. The van der Waals surface area contributed by atoms with Crippen molar-refractivity contribution in [2.75, 3.05) is 0 Å². The van der Waals surface area contributed by atoms with Crippen molar-refractivity contribution in [3.05, 3.63) is 229 Å². The van der Waals surface area contributed by atoms with E-state index >= 15 is 0 Å². The predicted octanol–water partition coefficient (Wildman–Crippen LogP) is 13.2. The van der Waals surface area contributed by atoms with Gasteiger partial charge in [0.25, 0.3) is 0 Å². The van der Waals surface area contributed by atoms with Gasteiger partial charge in [0.2, 0.25) is 0 Å². The molecule has 1 spiro atoms. The maximum Gasteiger partial charge on any atom is 0.160 e. The molecule has 11 rings (SSSR count). The minimum Gasteiger partial charge on any atom is -0.228 e. The van der Waals surface area contributed by atoms with Crippen LogP contribution in [0, 0.1) is 0 Å². The summed E-state index contributed by atoms with van der Waals surface area (Å²) < 4.78 is 0. The van der Waals surface area contributed by atoms with E-state index in [0.29, 0.717) is 5.82 Å². The monoisotopic (exact) mass is 698 g/mol. The summed E-state index contributed by atoms with van der Waals surface area (Å²) in [7, 11) is 0. The largest absolute Gasteiger partial charge is 0.228 e. The van der Waals surface area contributed by atoms with E-state index < -0.39 is 5.41 Å². The number of hydrogen-bond donors (Lipinski definition) is 0. The first kappa shape index (κ1) is 31.4. The molecule has 2 aliphatic carbocycles. The molecule has 2 aliphatic rings. The highest BCUT2D eigenvalue weighted by Crippen LogP contribution is 2.63. The van der Waals surface area contributed by atoms with Crippen LogP contribution in [0.3, 0.4) is 0 Å². The van der Waals surface area contributed by atoms with E-state index in [1.54, 1.807) is 0 Å². The van der Waals surface area contributed by atoms with Crippen molar-refractivity contribution >= 4 is 0 Å². The second-order valence-electron chi connectivity index (χ2n) is 14.5. The zero-order valence-corrected chi connectivity index (χ0v) is 30.0. The summed E-state index contributed by atoms with van der Waals surface area (Å²) in [4.78, 5) is 10.6. The summed E-state index contributed by atoms with van der Waals surface area (Å²) in [6, 6.07) is 74.3. The summed E-state index contributed by atoms with van der Waals surface area (Å²) in [5.74, 6) is 0.703. The van der Waals surface area contributed by atoms with E-state index in [-0.39, 0.29) is 0 Å². The topological polar surface area (TPSA) is 25.8 Å². The first-order valence-corrected chi connectivity index (χ1v) is 18.9. The van der Waals surface area contributed by atoms with Crippen LogP contribution in [0.1, 0.15) is 22.3 Å². The fraction of sp³-hybridized carbons (Fsp3) is 0.0189. The summed E-state index contributed by atoms with van der Waals surface area (Å²) in [5, 5.41) is 0. The summed E-state index contributed by atoms with van der Waals surface area (Å²) in [6.45, 7) is 0. The summed E-state index contributed by atoms with van der Waals surface area (Å²) >= 11 is 0. The van der Waals surface area contributed by atoms with E-state index in [2.05, 4.69) is 206 Å². The van der Waals surface area contributed by atoms with Crippen molar-refractivity contribution in [3.63, 3.8) is 0 Å². The van der Waals surface area contributed by atoms with Gasteiger partial charge in [-0.1, -0.05) is 194 Å². The molecule has 0 fully saturated rings. The van der Waals surface area contributed by atoms with Crippen LogP contribution in [0.4, 0.5) is 0 Å². The third-order valence-electron chi connectivity index (χ3n) is 11.6. The van der Waals surface area contributed by atoms with E-state index in [0.717, 1.165) is 33.6 Å². The van der Waals surface area contributed by atoms with Gasteiger partial charge in [0.1, 0.15) is 0 Å². The molecule has 0 amide bonds. The Hall–Kier alpha value is -7.16. The van der Waals surface area contributed by atoms with Gasteiger partial charge in [0.05, 0.1) is 16.8 Å². The Morgan fingerprint density at radius 1 is 0.255 bits per heavy atom. The van der Waals surface area contributed by atoms with Gasteiger partial charge in [-0.3, -0.25) is 0 Å². The lowest BCUT2D eigenvalue weighted by molar-refractivity contribution is 0.794. The van der Waals surface area contributed by atoms with Gasteiger partial charge in [0, 0.05) is 16.7 Å². The highest BCUT2D eigenvalue weighted by molar-refractivity contribution is 5.96. The van der Waals surface area contributed by atoms with Gasteiger partial charge in [-0.25, -0.2) is 9.97 Å². The van der Waals surface area contributed by atoms with Crippen LogP contribution < -0.4 is 0 Å². The Morgan fingerprint density at radius 3 is 1.13 bits per heavy atom. The number of rotatable bonds is 5. The molecule has 0 unspecified atom stereocenters. The fourth-order valence-electron chi connectivity index (χ4n) is 9.03. The Morgan fingerprint density at radius 2 is 0.618 bits per heavy atom. The van der Waals surface area contributed by atoms with Crippen molar-refractivity contribution in [3.8, 4) is 78.4 Å². The molecule has 0 N–H and O–H groups in total. The van der Waals surface area contributed by atoms with Crippen LogP contribution in [0.5, 0.6) is 0 Å². The number of hydrogen-bond acceptors (Lipinski definition) is 2. The summed E-state index contributed by atoms with van der Waals surface area (Å²) in [5.41, 5.74) is 19.6. The predicted molar refractivity (Wildman–Crippen MR) is 226 cm³/mol.